The van der Waals surface area contributed by atoms with Crippen molar-refractivity contribution in [3.8, 4) is 0 Å². The van der Waals surface area contributed by atoms with Gasteiger partial charge in [-0.25, -0.2) is 9.80 Å². The van der Waals surface area contributed by atoms with E-state index in [0.717, 1.165) is 29.6 Å². The van der Waals surface area contributed by atoms with Crippen LogP contribution < -0.4 is 10.6 Å². The lowest BCUT2D eigenvalue weighted by Gasteiger charge is -2.19. The third-order valence-electron chi connectivity index (χ3n) is 5.70. The Morgan fingerprint density at radius 2 is 1.60 bits per heavy atom. The number of nitrogens with one attached hydrogen (secondary N) is 2. The van der Waals surface area contributed by atoms with Crippen LogP contribution in [0.3, 0.4) is 0 Å². The quantitative estimate of drug-likeness (QED) is 0.335. The molecule has 0 bridgehead atoms. The number of imide groups is 1. The van der Waals surface area contributed by atoms with E-state index in [4.69, 9.17) is 11.6 Å². The summed E-state index contributed by atoms with van der Waals surface area (Å²) in [5, 5.41) is 10.4. The zero-order chi connectivity index (χ0) is 29.1. The minimum atomic E-state index is -4.67. The predicted octanol–water partition coefficient (Wildman–Crippen LogP) is 4.75. The molecule has 0 aromatic heterocycles. The van der Waals surface area contributed by atoms with E-state index in [-0.39, 0.29) is 6.54 Å². The van der Waals surface area contributed by atoms with E-state index in [2.05, 4.69) is 14.8 Å². The highest BCUT2D eigenvalue weighted by Gasteiger charge is 2.34. The summed E-state index contributed by atoms with van der Waals surface area (Å²) in [6, 6.07) is 17.6. The van der Waals surface area contributed by atoms with Gasteiger partial charge in [-0.2, -0.15) is 26.7 Å². The van der Waals surface area contributed by atoms with Crippen LogP contribution in [0.25, 0.3) is 0 Å². The van der Waals surface area contributed by atoms with Crippen molar-refractivity contribution in [1.29, 1.82) is 0 Å². The van der Waals surface area contributed by atoms with Crippen LogP contribution in [0.15, 0.2) is 93.3 Å². The first-order valence-corrected chi connectivity index (χ1v) is 13.4. The summed E-state index contributed by atoms with van der Waals surface area (Å²) in [5.41, 5.74) is 0.976. The fourth-order valence-corrected chi connectivity index (χ4v) is 4.95. The van der Waals surface area contributed by atoms with Gasteiger partial charge in [0.05, 0.1) is 22.7 Å². The number of carbonyl (C=O) groups excluding carboxylic acids is 2. The van der Waals surface area contributed by atoms with Crippen LogP contribution in [-0.4, -0.2) is 43.6 Å². The van der Waals surface area contributed by atoms with Gasteiger partial charge in [-0.15, -0.1) is 4.40 Å². The number of guanidine groups is 1. The topological polar surface area (TPSA) is 120 Å². The van der Waals surface area contributed by atoms with Gasteiger partial charge in [-0.05, 0) is 47.5 Å². The molecule has 3 aromatic rings. The first kappa shape index (κ1) is 28.8. The summed E-state index contributed by atoms with van der Waals surface area (Å²) >= 11 is 6.04. The normalized spacial score (nSPS) is 15.9. The number of halogens is 4. The molecule has 9 nitrogen and oxygen atoms in total. The van der Waals surface area contributed by atoms with Crippen molar-refractivity contribution in [2.24, 2.45) is 9.50 Å². The van der Waals surface area contributed by atoms with Crippen molar-refractivity contribution < 1.29 is 31.2 Å². The number of rotatable bonds is 4. The lowest BCUT2D eigenvalue weighted by molar-refractivity contribution is -0.137. The van der Waals surface area contributed by atoms with Crippen molar-refractivity contribution in [2.75, 3.05) is 6.54 Å². The maximum Gasteiger partial charge on any atom is 0.416 e. The van der Waals surface area contributed by atoms with Gasteiger partial charge in [0.1, 0.15) is 0 Å². The van der Waals surface area contributed by atoms with Gasteiger partial charge in [-0.1, -0.05) is 54.1 Å². The van der Waals surface area contributed by atoms with Crippen LogP contribution in [0.2, 0.25) is 5.02 Å². The number of hydrogen-bond donors (Lipinski definition) is 2. The Bertz CT molecular complexity index is 1580. The molecule has 208 valence electrons. The molecular formula is C26H21ClF3N5O4S. The second kappa shape index (κ2) is 11.5. The third kappa shape index (κ3) is 6.85. The monoisotopic (exact) mass is 591 g/mol. The summed E-state index contributed by atoms with van der Waals surface area (Å²) < 4.78 is 68.8. The van der Waals surface area contributed by atoms with Crippen molar-refractivity contribution in [1.82, 2.24) is 15.6 Å². The molecule has 0 radical (unpaired) electrons. The Balaban J connectivity index is 1.77. The third-order valence-corrected chi connectivity index (χ3v) is 7.23. The van der Waals surface area contributed by atoms with Crippen LogP contribution >= 0.6 is 11.6 Å². The number of urea groups is 1. The summed E-state index contributed by atoms with van der Waals surface area (Å²) in [4.78, 5) is 23.3. The van der Waals surface area contributed by atoms with E-state index in [1.54, 1.807) is 48.5 Å². The molecule has 4 rings (SSSR count). The van der Waals surface area contributed by atoms with Gasteiger partial charge in [0.2, 0.25) is 11.9 Å². The fraction of sp³-hybridized carbons (Fsp3) is 0.154. The maximum atomic E-state index is 13.1. The molecule has 0 fully saturated rings. The number of alkyl halides is 3. The van der Waals surface area contributed by atoms with Gasteiger partial charge in [0, 0.05) is 17.9 Å². The molecule has 3 amide bonds. The molecule has 0 spiro atoms. The highest BCUT2D eigenvalue weighted by atomic mass is 35.5. The Kier molecular flexibility index (Phi) is 8.26. The number of sulfonamides is 1. The average Bonchev–Trinajstić information content (AvgIpc) is 3.34. The minimum Gasteiger partial charge on any atom is -0.278 e. The number of amides is 3. The number of hydrazone groups is 1. The van der Waals surface area contributed by atoms with Crippen LogP contribution in [0.1, 0.15) is 29.5 Å². The van der Waals surface area contributed by atoms with Crippen LogP contribution in [0.4, 0.5) is 18.0 Å². The van der Waals surface area contributed by atoms with E-state index >= 15 is 0 Å². The zero-order valence-corrected chi connectivity index (χ0v) is 22.3. The van der Waals surface area contributed by atoms with Crippen LogP contribution in [0.5, 0.6) is 0 Å². The van der Waals surface area contributed by atoms with E-state index in [9.17, 15) is 31.2 Å². The van der Waals surface area contributed by atoms with Crippen molar-refractivity contribution in [3.63, 3.8) is 0 Å². The van der Waals surface area contributed by atoms with Gasteiger partial charge in [0.15, 0.2) is 0 Å². The molecular weight excluding hydrogens is 571 g/mol. The van der Waals surface area contributed by atoms with E-state index < -0.39 is 50.5 Å². The lowest BCUT2D eigenvalue weighted by Crippen LogP contribution is -2.47. The second-order valence-electron chi connectivity index (χ2n) is 8.58. The molecule has 1 heterocycles. The standard InChI is InChI=1S/C26H21ClF3N5O4S/c1-16(36)31-25(37)32-24(34-40(38,39)21-13-9-19(10-14-21)26(28,29)30)35-15-22(17-7-11-20(27)12-8-17)23(33-35)18-5-3-2-4-6-18/h2-14,22H,15H2,1H3,(H2,31,32,34,36,37). The molecule has 0 aliphatic carbocycles. The molecule has 40 heavy (non-hydrogen) atoms. The first-order valence-electron chi connectivity index (χ1n) is 11.6. The van der Waals surface area contributed by atoms with Crippen molar-refractivity contribution in [3.05, 3.63) is 101 Å². The Morgan fingerprint density at radius 1 is 0.975 bits per heavy atom. The fourth-order valence-electron chi connectivity index (χ4n) is 3.87. The molecule has 1 aliphatic rings. The summed E-state index contributed by atoms with van der Waals surface area (Å²) in [6.07, 6.45) is -4.67. The second-order valence-corrected chi connectivity index (χ2v) is 10.6. The number of hydrogen-bond acceptors (Lipinski definition) is 5. The van der Waals surface area contributed by atoms with Crippen molar-refractivity contribution in [2.45, 2.75) is 23.9 Å². The predicted molar refractivity (Wildman–Crippen MR) is 142 cm³/mol. The molecule has 0 saturated heterocycles. The Morgan fingerprint density at radius 3 is 2.17 bits per heavy atom. The number of nitrogens with zero attached hydrogens (tertiary/aromatic N) is 3. The SMILES string of the molecule is CC(=O)NC(=O)N/C(=N/S(=O)(=O)c1ccc(C(F)(F)F)cc1)N1CC(c2ccc(Cl)cc2)C(c2ccccc2)=N1. The Hall–Kier alpha value is -4.23. The maximum absolute atomic E-state index is 13.1. The summed E-state index contributed by atoms with van der Waals surface area (Å²) in [6.45, 7) is 1.10. The van der Waals surface area contributed by atoms with Gasteiger partial charge in [0.25, 0.3) is 10.0 Å². The lowest BCUT2D eigenvalue weighted by atomic mass is 9.91. The van der Waals surface area contributed by atoms with Gasteiger partial charge < -0.3 is 0 Å². The molecule has 1 unspecified atom stereocenters. The largest absolute Gasteiger partial charge is 0.416 e. The molecule has 0 saturated carbocycles. The highest BCUT2D eigenvalue weighted by molar-refractivity contribution is 7.90. The zero-order valence-electron chi connectivity index (χ0n) is 20.7. The molecule has 2 N–H and O–H groups in total. The first-order chi connectivity index (χ1) is 18.8. The van der Waals surface area contributed by atoms with Gasteiger partial charge >= 0.3 is 12.2 Å². The van der Waals surface area contributed by atoms with E-state index in [1.165, 1.54) is 0 Å². The minimum absolute atomic E-state index is 0.0214. The number of benzene rings is 3. The molecule has 1 atom stereocenters. The van der Waals surface area contributed by atoms with E-state index in [1.807, 2.05) is 11.4 Å². The summed E-state index contributed by atoms with van der Waals surface area (Å²) in [5.74, 6) is -1.71. The van der Waals surface area contributed by atoms with Crippen molar-refractivity contribution >= 4 is 45.2 Å². The number of carbonyl (C=O) groups is 2. The molecule has 14 heteroatoms. The smallest absolute Gasteiger partial charge is 0.278 e. The van der Waals surface area contributed by atoms with Crippen LogP contribution in [0, 0.1) is 0 Å². The summed E-state index contributed by atoms with van der Waals surface area (Å²) in [7, 11) is -4.64. The molecule has 3 aromatic carbocycles. The molecule has 1 aliphatic heterocycles. The highest BCUT2D eigenvalue weighted by Crippen LogP contribution is 2.31. The van der Waals surface area contributed by atoms with Gasteiger partial charge in [-0.3, -0.25) is 15.4 Å². The van der Waals surface area contributed by atoms with E-state index in [0.29, 0.717) is 28.4 Å². The Labute approximate surface area is 232 Å². The van der Waals surface area contributed by atoms with Crippen LogP contribution in [-0.2, 0) is 21.0 Å². The average molecular weight is 592 g/mol.